The van der Waals surface area contributed by atoms with Crippen LogP contribution >= 0.6 is 0 Å². The number of carbonyl (C=O) groups is 4. The molecule has 2 aromatic heterocycles. The van der Waals surface area contributed by atoms with E-state index >= 15 is 0 Å². The number of hydrogen-bond donors (Lipinski definition) is 4. The lowest BCUT2D eigenvalue weighted by Gasteiger charge is -2.29. The fourth-order valence-corrected chi connectivity index (χ4v) is 8.74. The number of aryl methyl sites for hydroxylation is 1. The number of ether oxygens (including phenoxy) is 1. The van der Waals surface area contributed by atoms with Gasteiger partial charge in [0.05, 0.1) is 36.8 Å². The summed E-state index contributed by atoms with van der Waals surface area (Å²) in [5.74, 6) is 1.15. The fourth-order valence-electron chi connectivity index (χ4n) is 8.74. The van der Waals surface area contributed by atoms with Gasteiger partial charge in [0.2, 0.25) is 12.3 Å². The zero-order chi connectivity index (χ0) is 41.9. The van der Waals surface area contributed by atoms with Crippen LogP contribution in [0.25, 0.3) is 44.4 Å². The van der Waals surface area contributed by atoms with Crippen LogP contribution in [0.5, 0.6) is 0 Å². The molecule has 0 spiro atoms. The van der Waals surface area contributed by atoms with Crippen LogP contribution in [0.15, 0.2) is 97.3 Å². The van der Waals surface area contributed by atoms with E-state index in [-0.39, 0.29) is 29.8 Å². The number of aromatic amines is 2. The minimum atomic E-state index is -0.879. The predicted octanol–water partition coefficient (Wildman–Crippen LogP) is 7.79. The number of likely N-dealkylation sites (tertiary alicyclic amines) is 2. The predicted molar refractivity (Wildman–Crippen MR) is 229 cm³/mol. The average molecular weight is 807 g/mol. The van der Waals surface area contributed by atoms with E-state index in [1.807, 2.05) is 61.5 Å². The van der Waals surface area contributed by atoms with Crippen molar-refractivity contribution in [3.8, 4) is 33.6 Å². The van der Waals surface area contributed by atoms with Crippen molar-refractivity contribution in [2.24, 2.45) is 5.92 Å². The van der Waals surface area contributed by atoms with Gasteiger partial charge in [-0.05, 0) is 95.3 Å². The Morgan fingerprint density at radius 3 is 2.18 bits per heavy atom. The van der Waals surface area contributed by atoms with E-state index in [1.165, 1.54) is 7.11 Å². The Hall–Kier alpha value is -6.76. The summed E-state index contributed by atoms with van der Waals surface area (Å²) in [5, 5.41) is 7.62. The molecule has 308 valence electrons. The summed E-state index contributed by atoms with van der Waals surface area (Å²) in [6, 6.07) is 26.5. The van der Waals surface area contributed by atoms with Crippen LogP contribution in [0.4, 0.5) is 4.79 Å². The van der Waals surface area contributed by atoms with Gasteiger partial charge < -0.3 is 35.1 Å². The largest absolute Gasteiger partial charge is 0.453 e. The Bertz CT molecular complexity index is 2530. The molecule has 13 nitrogen and oxygen atoms in total. The van der Waals surface area contributed by atoms with Crippen molar-refractivity contribution < 1.29 is 23.9 Å². The van der Waals surface area contributed by atoms with Crippen LogP contribution < -0.4 is 10.6 Å². The van der Waals surface area contributed by atoms with Gasteiger partial charge in [-0.1, -0.05) is 80.6 Å². The van der Waals surface area contributed by atoms with Crippen molar-refractivity contribution in [3.05, 3.63) is 120 Å². The third kappa shape index (κ3) is 7.99. The summed E-state index contributed by atoms with van der Waals surface area (Å²) < 4.78 is 4.84. The second kappa shape index (κ2) is 17.2. The van der Waals surface area contributed by atoms with Crippen LogP contribution in [0.1, 0.15) is 80.4 Å². The number of rotatable bonds is 12. The molecule has 2 saturated heterocycles. The van der Waals surface area contributed by atoms with Gasteiger partial charge in [0.25, 0.3) is 5.91 Å². The molecule has 13 heteroatoms. The molecule has 6 aromatic rings. The topological polar surface area (TPSA) is 165 Å². The molecular weight excluding hydrogens is 757 g/mol. The number of benzene rings is 4. The summed E-state index contributed by atoms with van der Waals surface area (Å²) in [4.78, 5) is 71.0. The van der Waals surface area contributed by atoms with Crippen LogP contribution in [-0.4, -0.2) is 80.3 Å². The lowest BCUT2D eigenvalue weighted by atomic mass is 9.95. The smallest absolute Gasteiger partial charge is 0.407 e. The maximum Gasteiger partial charge on any atom is 0.407 e. The summed E-state index contributed by atoms with van der Waals surface area (Å²) in [7, 11) is 1.28. The van der Waals surface area contributed by atoms with Crippen LogP contribution in [0.3, 0.4) is 0 Å². The van der Waals surface area contributed by atoms with Crippen LogP contribution in [0, 0.1) is 12.8 Å². The van der Waals surface area contributed by atoms with E-state index in [9.17, 15) is 19.2 Å². The third-order valence-electron chi connectivity index (χ3n) is 11.9. The highest BCUT2D eigenvalue weighted by atomic mass is 16.5. The first-order valence-electron chi connectivity index (χ1n) is 20.6. The Balaban J connectivity index is 0.967. The highest BCUT2D eigenvalue weighted by molar-refractivity contribution is 5.91. The van der Waals surface area contributed by atoms with E-state index < -0.39 is 18.2 Å². The van der Waals surface area contributed by atoms with E-state index in [0.29, 0.717) is 30.9 Å². The van der Waals surface area contributed by atoms with Crippen molar-refractivity contribution in [1.29, 1.82) is 0 Å². The van der Waals surface area contributed by atoms with Gasteiger partial charge in [-0.15, -0.1) is 0 Å². The Morgan fingerprint density at radius 2 is 1.50 bits per heavy atom. The second-order valence-electron chi connectivity index (χ2n) is 16.0. The molecule has 0 aliphatic carbocycles. The quantitative estimate of drug-likeness (QED) is 0.0917. The second-order valence-corrected chi connectivity index (χ2v) is 16.0. The Morgan fingerprint density at radius 1 is 0.833 bits per heavy atom. The van der Waals surface area contributed by atoms with Gasteiger partial charge in [-0.3, -0.25) is 14.4 Å². The normalized spacial score (nSPS) is 17.5. The Kier molecular flexibility index (Phi) is 11.5. The number of nitrogens with zero attached hydrogens (tertiary/aromatic N) is 4. The number of imidazole rings is 2. The summed E-state index contributed by atoms with van der Waals surface area (Å²) >= 11 is 0. The minimum Gasteiger partial charge on any atom is -0.453 e. The average Bonchev–Trinajstić information content (AvgIpc) is 4.11. The SMILES string of the molecule is COC(=O)N[C@@H](C(=O)N1CCC[C@H]1c1ncc(-c2ccc(-c3ccc4cc(-c5c[nH]c([C@@H]6CCCN6C(=O)[C@@H](NC=O)C(C)C)n5)ccc4c3)c(C)c2)[nH]1)c1ccccc1. The molecule has 60 heavy (non-hydrogen) atoms. The molecule has 0 unspecified atom stereocenters. The molecule has 2 aliphatic heterocycles. The molecule has 0 radical (unpaired) electrons. The molecular formula is C47H50N8O5. The molecule has 0 saturated carbocycles. The summed E-state index contributed by atoms with van der Waals surface area (Å²) in [6.45, 7) is 7.16. The number of hydrogen-bond acceptors (Lipinski definition) is 7. The van der Waals surface area contributed by atoms with Crippen LogP contribution in [-0.2, 0) is 19.1 Å². The van der Waals surface area contributed by atoms with Crippen molar-refractivity contribution in [2.45, 2.75) is 70.6 Å². The van der Waals surface area contributed by atoms with Gasteiger partial charge in [0, 0.05) is 24.8 Å². The van der Waals surface area contributed by atoms with Gasteiger partial charge in [0.15, 0.2) is 0 Å². The summed E-state index contributed by atoms with van der Waals surface area (Å²) in [6.07, 6.45) is 6.92. The zero-order valence-electron chi connectivity index (χ0n) is 34.3. The molecule has 4 aromatic carbocycles. The maximum atomic E-state index is 14.0. The number of aromatic nitrogens is 4. The van der Waals surface area contributed by atoms with Gasteiger partial charge in [0.1, 0.15) is 23.7 Å². The van der Waals surface area contributed by atoms with Gasteiger partial charge >= 0.3 is 6.09 Å². The number of fused-ring (bicyclic) bond motifs is 1. The van der Waals surface area contributed by atoms with E-state index in [2.05, 4.69) is 82.1 Å². The number of H-pyrrole nitrogens is 2. The number of amides is 4. The van der Waals surface area contributed by atoms with E-state index in [4.69, 9.17) is 14.7 Å². The molecule has 4 N–H and O–H groups in total. The molecule has 4 atom stereocenters. The summed E-state index contributed by atoms with van der Waals surface area (Å²) in [5.41, 5.74) is 7.68. The number of alkyl carbamates (subject to hydrolysis) is 1. The molecule has 4 heterocycles. The van der Waals surface area contributed by atoms with Crippen LogP contribution in [0.2, 0.25) is 0 Å². The van der Waals surface area contributed by atoms with Gasteiger partial charge in [-0.25, -0.2) is 14.8 Å². The lowest BCUT2D eigenvalue weighted by molar-refractivity contribution is -0.137. The molecule has 2 fully saturated rings. The molecule has 8 rings (SSSR count). The molecule has 0 bridgehead atoms. The maximum absolute atomic E-state index is 14.0. The Labute approximate surface area is 349 Å². The van der Waals surface area contributed by atoms with Crippen molar-refractivity contribution in [1.82, 2.24) is 40.4 Å². The van der Waals surface area contributed by atoms with E-state index in [1.54, 1.807) is 4.90 Å². The molecule has 2 aliphatic rings. The van der Waals surface area contributed by atoms with E-state index in [0.717, 1.165) is 81.5 Å². The number of methoxy groups -OCH3 is 1. The molecule has 4 amide bonds. The monoisotopic (exact) mass is 806 g/mol. The first kappa shape index (κ1) is 40.0. The highest BCUT2D eigenvalue weighted by Crippen LogP contribution is 2.37. The van der Waals surface area contributed by atoms with Crippen molar-refractivity contribution in [2.75, 3.05) is 20.2 Å². The fraction of sp³-hybridized carbons (Fsp3) is 0.319. The third-order valence-corrected chi connectivity index (χ3v) is 11.9. The van der Waals surface area contributed by atoms with Crippen molar-refractivity contribution >= 4 is 35.1 Å². The highest BCUT2D eigenvalue weighted by Gasteiger charge is 2.38. The first-order valence-corrected chi connectivity index (χ1v) is 20.6. The minimum absolute atomic E-state index is 0.0247. The number of carbonyl (C=O) groups excluding carboxylic acids is 4. The van der Waals surface area contributed by atoms with Gasteiger partial charge in [-0.2, -0.15) is 0 Å². The lowest BCUT2D eigenvalue weighted by Crippen LogP contribution is -2.48. The zero-order valence-corrected chi connectivity index (χ0v) is 34.3. The number of nitrogens with one attached hydrogen (secondary N) is 4. The standard InChI is InChI=1S/C47H50N8O5/c1-28(2)41(50-27-56)45(57)54-20-8-12-39(54)43-49-26-38(52-43)35-17-15-31-23-33(16-14-32(31)24-35)36-19-18-34(22-29(36)3)37-25-48-44(51-37)40-13-9-21-55(40)46(58)42(53-47(59)60-4)30-10-6-5-7-11-30/h5-7,10-11,14-19,22-28,39-42H,8-9,12-13,20-21H2,1-4H3,(H,48,51)(H,49,52)(H,50,56)(H,53,59)/t39-,40-,41-,42+/m0/s1. The first-order chi connectivity index (χ1) is 29.1. The van der Waals surface area contributed by atoms with Crippen molar-refractivity contribution in [3.63, 3.8) is 0 Å².